The molecule has 3 aliphatic rings. The maximum absolute atomic E-state index is 14.5. The van der Waals surface area contributed by atoms with E-state index < -0.39 is 77.3 Å². The standard InChI is InChI=1S/C38H59N7O9SSi/c1-37(2,3)54-36(49)40-29-18-13-11-9-10-12-16-26-23-38(26,34(48)42-55(50,51)43(4)5)41-32(46)31-22-27(24-44(31)33(29)47)53-35-39-28-17-14-15-19-30(28)45(35)25-52-20-21-56(6,7)8/h12,14-17,19,26-27,29,31H,9-11,13,18,20-25H2,1-8H3,(H,40,49)(H,41,46)(H,42,48)/b16-12-/t26-,27-,29+,31+,38-/m1/s1. The fourth-order valence-electron chi connectivity index (χ4n) is 6.87. The van der Waals surface area contributed by atoms with Crippen molar-refractivity contribution in [2.45, 2.75) is 127 Å². The lowest BCUT2D eigenvalue weighted by Gasteiger charge is -2.30. The maximum atomic E-state index is 14.5. The van der Waals surface area contributed by atoms with Gasteiger partial charge in [0.1, 0.15) is 36.1 Å². The van der Waals surface area contributed by atoms with Crippen molar-refractivity contribution in [3.8, 4) is 6.01 Å². The van der Waals surface area contributed by atoms with E-state index in [2.05, 4.69) is 35.0 Å². The van der Waals surface area contributed by atoms with Crippen LogP contribution in [0.4, 0.5) is 4.79 Å². The number of amides is 4. The summed E-state index contributed by atoms with van der Waals surface area (Å²) in [7, 11) is -2.93. The molecular weight excluding hydrogens is 759 g/mol. The van der Waals surface area contributed by atoms with Gasteiger partial charge in [-0.05, 0) is 64.6 Å². The van der Waals surface area contributed by atoms with Crippen molar-refractivity contribution >= 4 is 53.1 Å². The Bertz CT molecular complexity index is 1910. The van der Waals surface area contributed by atoms with Crippen LogP contribution in [0.15, 0.2) is 36.4 Å². The summed E-state index contributed by atoms with van der Waals surface area (Å²) in [6, 6.07) is 6.65. The Hall–Kier alpha value is -4.00. The normalized spacial score (nSPS) is 25.7. The predicted molar refractivity (Wildman–Crippen MR) is 213 cm³/mol. The number of rotatable bonds is 11. The molecule has 4 amide bonds. The average Bonchev–Trinajstić information content (AvgIpc) is 3.43. The van der Waals surface area contributed by atoms with Gasteiger partial charge >= 0.3 is 16.3 Å². The van der Waals surface area contributed by atoms with Gasteiger partial charge in [-0.15, -0.1) is 0 Å². The van der Waals surface area contributed by atoms with Crippen molar-refractivity contribution in [2.75, 3.05) is 27.2 Å². The molecule has 0 unspecified atom stereocenters. The zero-order valence-corrected chi connectivity index (χ0v) is 35.7. The van der Waals surface area contributed by atoms with Crippen LogP contribution in [0.5, 0.6) is 6.01 Å². The van der Waals surface area contributed by atoms with Gasteiger partial charge in [-0.25, -0.2) is 9.52 Å². The van der Waals surface area contributed by atoms with Crippen molar-refractivity contribution in [2.24, 2.45) is 5.92 Å². The van der Waals surface area contributed by atoms with E-state index in [1.165, 1.54) is 19.0 Å². The number of alkyl carbamates (subject to hydrolysis) is 1. The maximum Gasteiger partial charge on any atom is 0.408 e. The van der Waals surface area contributed by atoms with Gasteiger partial charge in [0, 0.05) is 41.1 Å². The molecule has 5 atom stereocenters. The van der Waals surface area contributed by atoms with E-state index in [9.17, 15) is 27.6 Å². The monoisotopic (exact) mass is 817 g/mol. The summed E-state index contributed by atoms with van der Waals surface area (Å²) >= 11 is 0. The SMILES string of the molecule is CN(C)S(=O)(=O)NC(=O)[C@@]12C[C@H]1/C=C\CCCCC[C@H](NC(=O)OC(C)(C)C)C(=O)N1C[C@H](Oc3nc4ccccc4n3COCC[Si](C)(C)C)C[C@H]1C(=O)N2. The van der Waals surface area contributed by atoms with Crippen LogP contribution in [0.2, 0.25) is 25.7 Å². The highest BCUT2D eigenvalue weighted by molar-refractivity contribution is 7.87. The fourth-order valence-corrected chi connectivity index (χ4v) is 8.22. The minimum atomic E-state index is -4.17. The number of fused-ring (bicyclic) bond motifs is 3. The fraction of sp³-hybridized carbons (Fsp3) is 0.658. The van der Waals surface area contributed by atoms with E-state index in [-0.39, 0.29) is 32.1 Å². The number of aromatic nitrogens is 2. The quantitative estimate of drug-likeness (QED) is 0.170. The first-order chi connectivity index (χ1) is 26.2. The number of allylic oxidation sites excluding steroid dienone is 1. The second-order valence-electron chi connectivity index (χ2n) is 17.4. The Labute approximate surface area is 331 Å². The summed E-state index contributed by atoms with van der Waals surface area (Å²) in [4.78, 5) is 61.8. The highest BCUT2D eigenvalue weighted by Gasteiger charge is 2.61. The van der Waals surface area contributed by atoms with E-state index in [4.69, 9.17) is 19.2 Å². The number of ether oxygens (including phenoxy) is 3. The Morgan fingerprint density at radius 2 is 1.84 bits per heavy atom. The van der Waals surface area contributed by atoms with E-state index in [1.54, 1.807) is 20.8 Å². The number of benzene rings is 1. The number of carbonyl (C=O) groups excluding carboxylic acids is 4. The van der Waals surface area contributed by atoms with Gasteiger partial charge in [0.05, 0.1) is 17.6 Å². The molecule has 1 saturated heterocycles. The molecular formula is C38H59N7O9SSi. The van der Waals surface area contributed by atoms with Gasteiger partial charge in [-0.1, -0.05) is 56.8 Å². The van der Waals surface area contributed by atoms with E-state index in [0.29, 0.717) is 31.4 Å². The first-order valence-electron chi connectivity index (χ1n) is 19.4. The van der Waals surface area contributed by atoms with Crippen LogP contribution in [0.3, 0.4) is 0 Å². The molecule has 2 aliphatic heterocycles. The van der Waals surface area contributed by atoms with Gasteiger partial charge in [-0.3, -0.25) is 19.0 Å². The van der Waals surface area contributed by atoms with Crippen molar-refractivity contribution in [3.63, 3.8) is 0 Å². The van der Waals surface area contributed by atoms with Crippen LogP contribution >= 0.6 is 0 Å². The number of nitrogens with zero attached hydrogens (tertiary/aromatic N) is 4. The minimum absolute atomic E-state index is 0.0271. The van der Waals surface area contributed by atoms with E-state index >= 15 is 0 Å². The van der Waals surface area contributed by atoms with Crippen molar-refractivity contribution in [1.29, 1.82) is 0 Å². The van der Waals surface area contributed by atoms with Crippen LogP contribution in [-0.4, -0.2) is 116 Å². The van der Waals surface area contributed by atoms with Crippen molar-refractivity contribution in [1.82, 2.24) is 34.1 Å². The van der Waals surface area contributed by atoms with Crippen LogP contribution in [0.25, 0.3) is 11.0 Å². The van der Waals surface area contributed by atoms with Crippen LogP contribution < -0.4 is 20.1 Å². The zero-order valence-electron chi connectivity index (χ0n) is 33.9. The Morgan fingerprint density at radius 3 is 2.54 bits per heavy atom. The third kappa shape index (κ3) is 10.9. The lowest BCUT2D eigenvalue weighted by Crippen LogP contribution is -2.58. The number of hydrogen-bond donors (Lipinski definition) is 3. The molecule has 1 aromatic heterocycles. The molecule has 2 fully saturated rings. The van der Waals surface area contributed by atoms with Gasteiger partial charge in [-0.2, -0.15) is 17.7 Å². The van der Waals surface area contributed by atoms with Gasteiger partial charge < -0.3 is 29.7 Å². The van der Waals surface area contributed by atoms with Gasteiger partial charge in [0.15, 0.2) is 0 Å². The summed E-state index contributed by atoms with van der Waals surface area (Å²) in [5.41, 5.74) is -0.881. The van der Waals surface area contributed by atoms with Crippen molar-refractivity contribution < 1.29 is 41.8 Å². The zero-order chi connectivity index (χ0) is 41.1. The number of carbonyl (C=O) groups is 4. The largest absolute Gasteiger partial charge is 0.459 e. The lowest BCUT2D eigenvalue weighted by atomic mass is 10.0. The van der Waals surface area contributed by atoms with Gasteiger partial charge in [0.25, 0.3) is 11.9 Å². The summed E-state index contributed by atoms with van der Waals surface area (Å²) in [5.74, 6) is -2.48. The molecule has 2 aromatic rings. The third-order valence-electron chi connectivity index (χ3n) is 10.1. The molecule has 3 N–H and O–H groups in total. The Balaban J connectivity index is 1.47. The molecule has 3 heterocycles. The van der Waals surface area contributed by atoms with E-state index in [0.717, 1.165) is 28.7 Å². The van der Waals surface area contributed by atoms with E-state index in [1.807, 2.05) is 41.0 Å². The van der Waals surface area contributed by atoms with Crippen molar-refractivity contribution in [3.05, 3.63) is 36.4 Å². The molecule has 0 bridgehead atoms. The first-order valence-corrected chi connectivity index (χ1v) is 24.6. The Kier molecular flexibility index (Phi) is 13.3. The summed E-state index contributed by atoms with van der Waals surface area (Å²) in [5, 5.41) is 5.61. The molecule has 1 saturated carbocycles. The lowest BCUT2D eigenvalue weighted by molar-refractivity contribution is -0.141. The molecule has 1 aliphatic carbocycles. The van der Waals surface area contributed by atoms with Crippen LogP contribution in [-0.2, 0) is 40.8 Å². The average molecular weight is 818 g/mol. The number of hydrogen-bond acceptors (Lipinski definition) is 10. The molecule has 18 heteroatoms. The molecule has 1 aromatic carbocycles. The number of para-hydroxylation sites is 2. The molecule has 56 heavy (non-hydrogen) atoms. The minimum Gasteiger partial charge on any atom is -0.459 e. The molecule has 0 spiro atoms. The predicted octanol–water partition coefficient (Wildman–Crippen LogP) is 3.91. The Morgan fingerprint density at radius 1 is 1.11 bits per heavy atom. The smallest absolute Gasteiger partial charge is 0.408 e. The first kappa shape index (κ1) is 43.1. The second-order valence-corrected chi connectivity index (χ2v) is 24.9. The summed E-state index contributed by atoms with van der Waals surface area (Å²) < 4.78 is 48.4. The topological polar surface area (TPSA) is 190 Å². The number of nitrogens with one attached hydrogen (secondary N) is 3. The highest BCUT2D eigenvalue weighted by atomic mass is 32.2. The van der Waals surface area contributed by atoms with Crippen LogP contribution in [0, 0.1) is 5.92 Å². The van der Waals surface area contributed by atoms with Crippen LogP contribution in [0.1, 0.15) is 65.7 Å². The molecule has 5 rings (SSSR count). The summed E-state index contributed by atoms with van der Waals surface area (Å²) in [6.45, 7) is 12.7. The third-order valence-corrected chi connectivity index (χ3v) is 13.3. The highest BCUT2D eigenvalue weighted by Crippen LogP contribution is 2.46. The molecule has 0 radical (unpaired) electrons. The number of imidazole rings is 1. The van der Waals surface area contributed by atoms with Gasteiger partial charge in [0.2, 0.25) is 11.8 Å². The second kappa shape index (κ2) is 17.2. The summed E-state index contributed by atoms with van der Waals surface area (Å²) in [6.07, 6.45) is 5.64. The molecule has 16 nitrogen and oxygen atoms in total. The molecule has 310 valence electrons.